The van der Waals surface area contributed by atoms with E-state index in [1.165, 1.54) is 24.8 Å². The van der Waals surface area contributed by atoms with Gasteiger partial charge < -0.3 is 10.1 Å². The Morgan fingerprint density at radius 1 is 1.00 bits per heavy atom. The summed E-state index contributed by atoms with van der Waals surface area (Å²) in [5.41, 5.74) is 5.81. The van der Waals surface area contributed by atoms with Gasteiger partial charge in [0.05, 0.1) is 12.8 Å². The van der Waals surface area contributed by atoms with Gasteiger partial charge in [-0.15, -0.1) is 0 Å². The fraction of sp³-hybridized carbons (Fsp3) is 0.500. The van der Waals surface area contributed by atoms with Crippen molar-refractivity contribution in [1.29, 1.82) is 0 Å². The summed E-state index contributed by atoms with van der Waals surface area (Å²) in [6, 6.07) is 14.6. The van der Waals surface area contributed by atoms with Crippen LogP contribution in [0.5, 0.6) is 5.75 Å². The van der Waals surface area contributed by atoms with E-state index in [1.54, 1.807) is 12.1 Å². The van der Waals surface area contributed by atoms with Gasteiger partial charge in [-0.2, -0.15) is 0 Å². The molecule has 0 saturated heterocycles. The first-order valence-electron chi connectivity index (χ1n) is 12.7. The molecule has 0 heterocycles. The number of ether oxygens (including phenoxy) is 1. The molecule has 6 nitrogen and oxygen atoms in total. The molecule has 3 rings (SSSR count). The van der Waals surface area contributed by atoms with Crippen molar-refractivity contribution in [3.8, 4) is 5.75 Å². The maximum absolute atomic E-state index is 13.6. The molecule has 1 fully saturated rings. The number of nitrogens with zero attached hydrogens (tertiary/aromatic N) is 1. The van der Waals surface area contributed by atoms with Crippen LogP contribution < -0.4 is 15.5 Å². The number of carbonyl (C=O) groups is 2. The minimum atomic E-state index is -0.573. The number of hydrogen-bond donors (Lipinski definition) is 2. The number of hydrogen-bond acceptors (Lipinski definition) is 4. The zero-order valence-corrected chi connectivity index (χ0v) is 20.8. The van der Waals surface area contributed by atoms with Gasteiger partial charge in [-0.25, -0.2) is 0 Å². The molecule has 0 spiro atoms. The van der Waals surface area contributed by atoms with E-state index in [0.717, 1.165) is 37.1 Å². The molecule has 2 aromatic carbocycles. The maximum atomic E-state index is 13.6. The number of rotatable bonds is 11. The molecule has 0 aliphatic heterocycles. The van der Waals surface area contributed by atoms with Gasteiger partial charge in [0.1, 0.15) is 11.8 Å². The number of nitrogens with one attached hydrogen (secondary N) is 2. The van der Waals surface area contributed by atoms with Crippen molar-refractivity contribution in [3.63, 3.8) is 0 Å². The Bertz CT molecular complexity index is 905. The van der Waals surface area contributed by atoms with Crippen molar-refractivity contribution in [2.75, 3.05) is 19.1 Å². The lowest BCUT2D eigenvalue weighted by Crippen LogP contribution is -2.51. The molecule has 2 aromatic rings. The van der Waals surface area contributed by atoms with E-state index in [1.807, 2.05) is 55.5 Å². The highest BCUT2D eigenvalue weighted by Gasteiger charge is 2.29. The molecule has 2 amide bonds. The third-order valence-electron chi connectivity index (χ3n) is 6.59. The van der Waals surface area contributed by atoms with Crippen LogP contribution in [0.2, 0.25) is 0 Å². The number of anilines is 1. The summed E-state index contributed by atoms with van der Waals surface area (Å²) >= 11 is 0. The van der Waals surface area contributed by atoms with Crippen molar-refractivity contribution in [1.82, 2.24) is 10.3 Å². The van der Waals surface area contributed by atoms with E-state index in [2.05, 4.69) is 17.7 Å². The first-order valence-corrected chi connectivity index (χ1v) is 12.7. The summed E-state index contributed by atoms with van der Waals surface area (Å²) in [6.45, 7) is 4.55. The molecule has 6 heteroatoms. The largest absolute Gasteiger partial charge is 0.497 e. The van der Waals surface area contributed by atoms with Gasteiger partial charge in [-0.3, -0.25) is 20.0 Å². The van der Waals surface area contributed by atoms with Crippen LogP contribution in [0.25, 0.3) is 0 Å². The predicted octanol–water partition coefficient (Wildman–Crippen LogP) is 5.59. The molecule has 1 unspecified atom stereocenters. The first kappa shape index (κ1) is 25.6. The van der Waals surface area contributed by atoms with E-state index in [-0.39, 0.29) is 11.8 Å². The number of carbonyl (C=O) groups excluding carboxylic acids is 2. The molecule has 0 aromatic heterocycles. The summed E-state index contributed by atoms with van der Waals surface area (Å²) in [6.07, 6.45) is 8.60. The number of hydrazine groups is 1. The van der Waals surface area contributed by atoms with Crippen molar-refractivity contribution in [3.05, 3.63) is 59.7 Å². The highest BCUT2D eigenvalue weighted by molar-refractivity contribution is 5.97. The number of aryl methyl sites for hydroxylation is 1. The molecule has 0 bridgehead atoms. The van der Waals surface area contributed by atoms with Crippen LogP contribution in [-0.4, -0.2) is 36.5 Å². The normalized spacial score (nSPS) is 14.8. The minimum Gasteiger partial charge on any atom is -0.497 e. The monoisotopic (exact) mass is 465 g/mol. The molecule has 1 saturated carbocycles. The Balaban J connectivity index is 1.73. The molecule has 1 aliphatic carbocycles. The number of amides is 2. The molecule has 1 atom stereocenters. The lowest BCUT2D eigenvalue weighted by atomic mass is 9.84. The molecule has 0 radical (unpaired) electrons. The second-order valence-corrected chi connectivity index (χ2v) is 9.14. The van der Waals surface area contributed by atoms with Crippen LogP contribution in [0, 0.1) is 5.92 Å². The number of likely N-dealkylation sites (N-methyl/N-ethyl adjacent to an activating group) is 1. The first-order chi connectivity index (χ1) is 16.5. The minimum absolute atomic E-state index is 0.111. The molecule has 1 aliphatic rings. The van der Waals surface area contributed by atoms with Crippen LogP contribution >= 0.6 is 0 Å². The van der Waals surface area contributed by atoms with Gasteiger partial charge in [-0.05, 0) is 67.6 Å². The summed E-state index contributed by atoms with van der Waals surface area (Å²) in [5.74, 6) is 0.902. The van der Waals surface area contributed by atoms with Crippen LogP contribution in [0.15, 0.2) is 48.5 Å². The Labute approximate surface area is 204 Å². The lowest BCUT2D eigenvalue weighted by molar-refractivity contribution is -0.132. The van der Waals surface area contributed by atoms with Gasteiger partial charge >= 0.3 is 0 Å². The maximum Gasteiger partial charge on any atom is 0.263 e. The zero-order chi connectivity index (χ0) is 24.3. The van der Waals surface area contributed by atoms with Gasteiger partial charge in [0.15, 0.2) is 0 Å². The van der Waals surface area contributed by atoms with Crippen LogP contribution in [0.3, 0.4) is 0 Å². The number of methoxy groups -OCH3 is 1. The van der Waals surface area contributed by atoms with E-state index in [9.17, 15) is 9.59 Å². The Morgan fingerprint density at radius 3 is 2.26 bits per heavy atom. The van der Waals surface area contributed by atoms with Crippen molar-refractivity contribution in [2.45, 2.75) is 71.3 Å². The predicted molar refractivity (Wildman–Crippen MR) is 137 cm³/mol. The molecule has 34 heavy (non-hydrogen) atoms. The second kappa shape index (κ2) is 13.0. The molecule has 184 valence electrons. The second-order valence-electron chi connectivity index (χ2n) is 9.14. The molecule has 2 N–H and O–H groups in total. The zero-order valence-electron chi connectivity index (χ0n) is 20.8. The molecular weight excluding hydrogens is 426 g/mol. The van der Waals surface area contributed by atoms with Gasteiger partial charge in [0.2, 0.25) is 0 Å². The van der Waals surface area contributed by atoms with Crippen LogP contribution in [-0.2, 0) is 11.2 Å². The number of benzene rings is 2. The standard InChI is InChI=1S/C28H39N3O3/c1-4-9-21-12-14-23(15-13-21)27(32)29-26(20-22-10-7-6-8-11-22)28(33)31(5-2)30-24-16-18-25(34-3)19-17-24/h12-19,22,26,30H,4-11,20H2,1-3H3,(H,29,32). The summed E-state index contributed by atoms with van der Waals surface area (Å²) < 4.78 is 5.22. The Morgan fingerprint density at radius 2 is 1.68 bits per heavy atom. The van der Waals surface area contributed by atoms with Gasteiger partial charge in [0.25, 0.3) is 11.8 Å². The summed E-state index contributed by atoms with van der Waals surface area (Å²) in [5, 5.41) is 4.66. The third kappa shape index (κ3) is 7.24. The van der Waals surface area contributed by atoms with Crippen molar-refractivity contribution in [2.24, 2.45) is 5.92 Å². The topological polar surface area (TPSA) is 70.7 Å². The Hall–Kier alpha value is -3.02. The fourth-order valence-corrected chi connectivity index (χ4v) is 4.63. The highest BCUT2D eigenvalue weighted by atomic mass is 16.5. The molecular formula is C28H39N3O3. The SMILES string of the molecule is CCCc1ccc(C(=O)NC(CC2CCCCC2)C(=O)N(CC)Nc2ccc(OC)cc2)cc1. The van der Waals surface area contributed by atoms with Gasteiger partial charge in [0, 0.05) is 12.1 Å². The van der Waals surface area contributed by atoms with Crippen LogP contribution in [0.4, 0.5) is 5.69 Å². The fourth-order valence-electron chi connectivity index (χ4n) is 4.63. The third-order valence-corrected chi connectivity index (χ3v) is 6.59. The van der Waals surface area contributed by atoms with Crippen molar-refractivity contribution >= 4 is 17.5 Å². The average molecular weight is 466 g/mol. The van der Waals surface area contributed by atoms with E-state index >= 15 is 0 Å². The summed E-state index contributed by atoms with van der Waals surface area (Å²) in [4.78, 5) is 26.7. The quantitative estimate of drug-likeness (QED) is 0.424. The lowest BCUT2D eigenvalue weighted by Gasteiger charge is -2.31. The van der Waals surface area contributed by atoms with E-state index < -0.39 is 6.04 Å². The van der Waals surface area contributed by atoms with E-state index in [0.29, 0.717) is 24.4 Å². The smallest absolute Gasteiger partial charge is 0.263 e. The van der Waals surface area contributed by atoms with Crippen molar-refractivity contribution < 1.29 is 14.3 Å². The Kier molecular flexibility index (Phi) is 9.80. The average Bonchev–Trinajstić information content (AvgIpc) is 2.88. The van der Waals surface area contributed by atoms with Gasteiger partial charge in [-0.1, -0.05) is 57.6 Å². The highest BCUT2D eigenvalue weighted by Crippen LogP contribution is 2.28. The van der Waals surface area contributed by atoms with Crippen LogP contribution in [0.1, 0.15) is 74.7 Å². The van der Waals surface area contributed by atoms with E-state index in [4.69, 9.17) is 4.74 Å². The summed E-state index contributed by atoms with van der Waals surface area (Å²) in [7, 11) is 1.63.